The third-order valence-corrected chi connectivity index (χ3v) is 10.2. The van der Waals surface area contributed by atoms with Gasteiger partial charge in [0.05, 0.1) is 5.52 Å². The molecule has 1 heterocycles. The molecule has 8 aromatic rings. The lowest BCUT2D eigenvalue weighted by atomic mass is 9.82. The highest BCUT2D eigenvalue weighted by molar-refractivity contribution is 5.89. The van der Waals surface area contributed by atoms with E-state index in [1.807, 2.05) is 0 Å². The zero-order valence-corrected chi connectivity index (χ0v) is 27.7. The molecule has 234 valence electrons. The quantitative estimate of drug-likeness (QED) is 0.178. The molecule has 0 radical (unpaired) electrons. The van der Waals surface area contributed by atoms with Crippen LogP contribution in [0.25, 0.3) is 50.0 Å². The molecule has 0 bridgehead atoms. The normalized spacial score (nSPS) is 12.9. The van der Waals surface area contributed by atoms with Gasteiger partial charge in [0.2, 0.25) is 0 Å². The summed E-state index contributed by atoms with van der Waals surface area (Å²) >= 11 is 0. The van der Waals surface area contributed by atoms with Gasteiger partial charge in [0, 0.05) is 39.7 Å². The number of nitrogens with zero attached hydrogens (tertiary/aromatic N) is 2. The molecule has 7 aromatic carbocycles. The van der Waals surface area contributed by atoms with Crippen LogP contribution in [0.2, 0.25) is 0 Å². The molecule has 0 saturated heterocycles. The van der Waals surface area contributed by atoms with E-state index < -0.39 is 0 Å². The summed E-state index contributed by atoms with van der Waals surface area (Å²) in [6.45, 7) is 4.69. The predicted octanol–water partition coefficient (Wildman–Crippen LogP) is 12.7. The number of hydrogen-bond donors (Lipinski definition) is 0. The van der Waals surface area contributed by atoms with Crippen molar-refractivity contribution in [3.8, 4) is 39.1 Å². The molecule has 1 aliphatic carbocycles. The van der Waals surface area contributed by atoms with Crippen LogP contribution in [-0.2, 0) is 5.41 Å². The highest BCUT2D eigenvalue weighted by Crippen LogP contribution is 2.50. The predicted molar refractivity (Wildman–Crippen MR) is 206 cm³/mol. The van der Waals surface area contributed by atoms with E-state index >= 15 is 0 Å². The third kappa shape index (κ3) is 4.96. The van der Waals surface area contributed by atoms with Crippen molar-refractivity contribution >= 4 is 28.0 Å². The van der Waals surface area contributed by atoms with Crippen LogP contribution >= 0.6 is 0 Å². The molecule has 2 heteroatoms. The summed E-state index contributed by atoms with van der Waals surface area (Å²) in [4.78, 5) is 2.39. The minimum Gasteiger partial charge on any atom is -0.317 e. The largest absolute Gasteiger partial charge is 0.317 e. The van der Waals surface area contributed by atoms with Gasteiger partial charge >= 0.3 is 0 Å². The molecule has 9 rings (SSSR count). The molecular weight excluding hydrogens is 593 g/mol. The van der Waals surface area contributed by atoms with Gasteiger partial charge in [-0.25, -0.2) is 0 Å². The maximum Gasteiger partial charge on any atom is 0.0528 e. The molecule has 0 unspecified atom stereocenters. The first kappa shape index (κ1) is 29.1. The van der Waals surface area contributed by atoms with Crippen molar-refractivity contribution in [3.63, 3.8) is 0 Å². The fourth-order valence-corrected chi connectivity index (χ4v) is 7.65. The van der Waals surface area contributed by atoms with Crippen molar-refractivity contribution in [1.29, 1.82) is 0 Å². The average Bonchev–Trinajstić information content (AvgIpc) is 3.69. The van der Waals surface area contributed by atoms with Crippen LogP contribution in [-0.4, -0.2) is 4.57 Å². The monoisotopic (exact) mass is 628 g/mol. The number of anilines is 3. The second-order valence-electron chi connectivity index (χ2n) is 13.5. The fraction of sp³-hybridized carbons (Fsp3) is 0.0638. The molecule has 49 heavy (non-hydrogen) atoms. The van der Waals surface area contributed by atoms with Crippen LogP contribution in [0.5, 0.6) is 0 Å². The molecular formula is C47H36N2. The van der Waals surface area contributed by atoms with Gasteiger partial charge in [0.15, 0.2) is 0 Å². The minimum atomic E-state index is -0.0767. The molecule has 0 spiro atoms. The van der Waals surface area contributed by atoms with Crippen LogP contribution < -0.4 is 4.90 Å². The first-order valence-electron chi connectivity index (χ1n) is 17.0. The molecule has 0 aliphatic heterocycles. The van der Waals surface area contributed by atoms with Crippen molar-refractivity contribution in [2.24, 2.45) is 0 Å². The maximum absolute atomic E-state index is 2.40. The molecule has 0 saturated carbocycles. The Morgan fingerprint density at radius 2 is 0.980 bits per heavy atom. The van der Waals surface area contributed by atoms with Crippen LogP contribution in [0.3, 0.4) is 0 Å². The number of hydrogen-bond acceptors (Lipinski definition) is 1. The summed E-state index contributed by atoms with van der Waals surface area (Å²) in [5.74, 6) is 0. The Hall–Kier alpha value is -6.12. The Kier molecular flexibility index (Phi) is 6.84. The molecule has 1 aliphatic rings. The third-order valence-electron chi connectivity index (χ3n) is 10.2. The Morgan fingerprint density at radius 3 is 1.69 bits per heavy atom. The maximum atomic E-state index is 2.40. The molecule has 0 N–H and O–H groups in total. The average molecular weight is 629 g/mol. The fourth-order valence-electron chi connectivity index (χ4n) is 7.65. The summed E-state index contributed by atoms with van der Waals surface area (Å²) in [5.41, 5.74) is 16.0. The molecule has 1 aromatic heterocycles. The highest BCUT2D eigenvalue weighted by atomic mass is 15.1. The summed E-state index contributed by atoms with van der Waals surface area (Å²) in [6.07, 6.45) is 2.16. The van der Waals surface area contributed by atoms with Gasteiger partial charge in [-0.1, -0.05) is 123 Å². The summed E-state index contributed by atoms with van der Waals surface area (Å²) in [5, 5.41) is 1.23. The Morgan fingerprint density at radius 1 is 0.429 bits per heavy atom. The van der Waals surface area contributed by atoms with Gasteiger partial charge in [-0.15, -0.1) is 0 Å². The van der Waals surface area contributed by atoms with Crippen LogP contribution in [0.1, 0.15) is 25.0 Å². The standard InChI is InChI=1S/C47H36N2/c1-47(2)44-16-10-9-15-42(44)43-27-26-41(32-45(43)47)49(39-22-17-34(18-23-39)33-11-5-3-6-12-33)40-24-19-35(20-25-40)36-21-28-46-37(31-36)29-30-48(46)38-13-7-4-8-14-38/h3-32H,1-2H3. The number of aromatic nitrogens is 1. The lowest BCUT2D eigenvalue weighted by Crippen LogP contribution is -2.16. The lowest BCUT2D eigenvalue weighted by Gasteiger charge is -2.28. The van der Waals surface area contributed by atoms with E-state index in [1.54, 1.807) is 0 Å². The Labute approximate surface area is 288 Å². The summed E-state index contributed by atoms with van der Waals surface area (Å²) in [6, 6.07) is 63.9. The van der Waals surface area contributed by atoms with Gasteiger partial charge in [0.25, 0.3) is 0 Å². The lowest BCUT2D eigenvalue weighted by molar-refractivity contribution is 0.660. The van der Waals surface area contributed by atoms with E-state index in [2.05, 4.69) is 205 Å². The van der Waals surface area contributed by atoms with Crippen molar-refractivity contribution in [3.05, 3.63) is 193 Å². The van der Waals surface area contributed by atoms with E-state index in [0.717, 1.165) is 17.1 Å². The molecule has 0 atom stereocenters. The topological polar surface area (TPSA) is 8.17 Å². The first-order valence-corrected chi connectivity index (χ1v) is 17.0. The SMILES string of the molecule is CC1(C)c2ccccc2-c2ccc(N(c3ccc(-c4ccccc4)cc3)c3ccc(-c4ccc5c(ccn5-c5ccccc5)c4)cc3)cc21. The van der Waals surface area contributed by atoms with Crippen LogP contribution in [0.15, 0.2) is 182 Å². The second-order valence-corrected chi connectivity index (χ2v) is 13.5. The van der Waals surface area contributed by atoms with E-state index in [0.29, 0.717) is 0 Å². The zero-order chi connectivity index (χ0) is 33.0. The number of fused-ring (bicyclic) bond motifs is 4. The molecule has 0 amide bonds. The van der Waals surface area contributed by atoms with Gasteiger partial charge in [-0.05, 0) is 111 Å². The number of para-hydroxylation sites is 1. The number of rotatable bonds is 6. The number of benzene rings is 7. The molecule has 0 fully saturated rings. The molecule has 2 nitrogen and oxygen atoms in total. The van der Waals surface area contributed by atoms with Gasteiger partial charge < -0.3 is 9.47 Å². The van der Waals surface area contributed by atoms with Crippen molar-refractivity contribution in [2.45, 2.75) is 19.3 Å². The van der Waals surface area contributed by atoms with Gasteiger partial charge in [-0.3, -0.25) is 0 Å². The zero-order valence-electron chi connectivity index (χ0n) is 27.7. The summed E-state index contributed by atoms with van der Waals surface area (Å²) < 4.78 is 2.25. The van der Waals surface area contributed by atoms with Crippen LogP contribution in [0, 0.1) is 0 Å². The van der Waals surface area contributed by atoms with Crippen LogP contribution in [0.4, 0.5) is 17.1 Å². The van der Waals surface area contributed by atoms with Gasteiger partial charge in [0.1, 0.15) is 0 Å². The van der Waals surface area contributed by atoms with Crippen molar-refractivity contribution in [1.82, 2.24) is 4.57 Å². The highest BCUT2D eigenvalue weighted by Gasteiger charge is 2.35. The van der Waals surface area contributed by atoms with Gasteiger partial charge in [-0.2, -0.15) is 0 Å². The van der Waals surface area contributed by atoms with E-state index in [4.69, 9.17) is 0 Å². The first-order chi connectivity index (χ1) is 24.0. The minimum absolute atomic E-state index is 0.0767. The smallest absolute Gasteiger partial charge is 0.0528 e. The Bertz CT molecular complexity index is 2430. The summed E-state index contributed by atoms with van der Waals surface area (Å²) in [7, 11) is 0. The second kappa shape index (κ2) is 11.5. The van der Waals surface area contributed by atoms with E-state index in [9.17, 15) is 0 Å². The van der Waals surface area contributed by atoms with E-state index in [1.165, 1.54) is 61.1 Å². The Balaban J connectivity index is 1.11. The van der Waals surface area contributed by atoms with E-state index in [-0.39, 0.29) is 5.41 Å². The van der Waals surface area contributed by atoms with Crippen molar-refractivity contribution < 1.29 is 0 Å². The van der Waals surface area contributed by atoms with Crippen molar-refractivity contribution in [2.75, 3.05) is 4.90 Å².